The van der Waals surface area contributed by atoms with E-state index in [0.29, 0.717) is 33.5 Å². The lowest BCUT2D eigenvalue weighted by Gasteiger charge is -2.12. The molecular formula is C20H18ClN3O4. The molecule has 3 rings (SSSR count). The van der Waals surface area contributed by atoms with Crippen molar-refractivity contribution in [2.75, 3.05) is 19.5 Å². The van der Waals surface area contributed by atoms with Crippen molar-refractivity contribution in [3.05, 3.63) is 70.0 Å². The Hall–Kier alpha value is -3.32. The molecular weight excluding hydrogens is 382 g/mol. The van der Waals surface area contributed by atoms with E-state index < -0.39 is 11.5 Å². The van der Waals surface area contributed by atoms with Gasteiger partial charge in [-0.2, -0.15) is 5.10 Å². The number of hydrogen-bond acceptors (Lipinski definition) is 5. The molecule has 0 aliphatic rings. The monoisotopic (exact) mass is 399 g/mol. The minimum atomic E-state index is -0.433. The zero-order chi connectivity index (χ0) is 20.1. The standard InChI is InChI=1S/C20H18ClN3O4/c1-27-13-7-9-18(28-2)17(11-13)22-19(25)12-24-20(26)10-8-16(23-24)14-5-3-4-6-15(14)21/h3-11H,12H2,1-2H3,(H,22,25). The van der Waals surface area contributed by atoms with Crippen molar-refractivity contribution < 1.29 is 14.3 Å². The van der Waals surface area contributed by atoms with Gasteiger partial charge in [0.2, 0.25) is 5.91 Å². The first-order chi connectivity index (χ1) is 13.5. The number of nitrogens with zero attached hydrogens (tertiary/aromatic N) is 2. The van der Waals surface area contributed by atoms with E-state index in [0.717, 1.165) is 4.68 Å². The lowest BCUT2D eigenvalue weighted by molar-refractivity contribution is -0.117. The molecule has 0 fully saturated rings. The number of rotatable bonds is 6. The van der Waals surface area contributed by atoms with E-state index in [1.165, 1.54) is 20.3 Å². The summed E-state index contributed by atoms with van der Waals surface area (Å²) in [6, 6.07) is 15.1. The highest BCUT2D eigenvalue weighted by Crippen LogP contribution is 2.29. The molecule has 0 bridgehead atoms. The number of carbonyl (C=O) groups is 1. The molecule has 28 heavy (non-hydrogen) atoms. The van der Waals surface area contributed by atoms with Crippen LogP contribution in [0.5, 0.6) is 11.5 Å². The molecule has 0 aliphatic heterocycles. The van der Waals surface area contributed by atoms with Crippen LogP contribution in [0.25, 0.3) is 11.3 Å². The summed E-state index contributed by atoms with van der Waals surface area (Å²) < 4.78 is 11.5. The Morgan fingerprint density at radius 1 is 1.11 bits per heavy atom. The van der Waals surface area contributed by atoms with Gasteiger partial charge in [-0.25, -0.2) is 4.68 Å². The molecule has 0 radical (unpaired) electrons. The van der Waals surface area contributed by atoms with Gasteiger partial charge in [-0.3, -0.25) is 9.59 Å². The third-order valence-corrected chi connectivity index (χ3v) is 4.32. The first-order valence-electron chi connectivity index (χ1n) is 8.37. The number of amides is 1. The van der Waals surface area contributed by atoms with Gasteiger partial charge in [-0.15, -0.1) is 0 Å². The summed E-state index contributed by atoms with van der Waals surface area (Å²) in [5.41, 5.74) is 1.20. The molecule has 0 spiro atoms. The molecule has 0 atom stereocenters. The lowest BCUT2D eigenvalue weighted by atomic mass is 10.1. The number of carbonyl (C=O) groups excluding carboxylic acids is 1. The average molecular weight is 400 g/mol. The normalized spacial score (nSPS) is 10.4. The molecule has 0 saturated carbocycles. The number of ether oxygens (including phenoxy) is 2. The van der Waals surface area contributed by atoms with Crippen LogP contribution < -0.4 is 20.3 Å². The van der Waals surface area contributed by atoms with E-state index in [4.69, 9.17) is 21.1 Å². The first-order valence-corrected chi connectivity index (χ1v) is 8.74. The van der Waals surface area contributed by atoms with Crippen molar-refractivity contribution in [3.8, 4) is 22.8 Å². The number of aromatic nitrogens is 2. The summed E-state index contributed by atoms with van der Waals surface area (Å²) in [6.07, 6.45) is 0. The second-order valence-electron chi connectivity index (χ2n) is 5.81. The van der Waals surface area contributed by atoms with Gasteiger partial charge >= 0.3 is 0 Å². The maximum atomic E-state index is 12.5. The number of hydrogen-bond donors (Lipinski definition) is 1. The fourth-order valence-corrected chi connectivity index (χ4v) is 2.84. The van der Waals surface area contributed by atoms with Crippen LogP contribution in [0.15, 0.2) is 59.4 Å². The first kappa shape index (κ1) is 19.4. The number of nitrogens with one attached hydrogen (secondary N) is 1. The summed E-state index contributed by atoms with van der Waals surface area (Å²) >= 11 is 6.19. The molecule has 0 aliphatic carbocycles. The van der Waals surface area contributed by atoms with Crippen molar-refractivity contribution >= 4 is 23.2 Å². The average Bonchev–Trinajstić information content (AvgIpc) is 2.70. The SMILES string of the molecule is COc1ccc(OC)c(NC(=O)Cn2nc(-c3ccccc3Cl)ccc2=O)c1. The number of benzene rings is 2. The van der Waals surface area contributed by atoms with E-state index in [9.17, 15) is 9.59 Å². The zero-order valence-corrected chi connectivity index (χ0v) is 16.1. The summed E-state index contributed by atoms with van der Waals surface area (Å²) in [7, 11) is 3.02. The third kappa shape index (κ3) is 4.32. The minimum Gasteiger partial charge on any atom is -0.497 e. The van der Waals surface area contributed by atoms with Gasteiger partial charge in [-0.1, -0.05) is 29.8 Å². The Balaban J connectivity index is 1.84. The zero-order valence-electron chi connectivity index (χ0n) is 15.3. The van der Waals surface area contributed by atoms with Crippen molar-refractivity contribution in [3.63, 3.8) is 0 Å². The van der Waals surface area contributed by atoms with E-state index in [1.54, 1.807) is 42.5 Å². The quantitative estimate of drug-likeness (QED) is 0.688. The summed E-state index contributed by atoms with van der Waals surface area (Å²) in [4.78, 5) is 24.6. The molecule has 3 aromatic rings. The molecule has 1 amide bonds. The Labute approximate surface area is 166 Å². The Morgan fingerprint density at radius 3 is 2.61 bits per heavy atom. The maximum Gasteiger partial charge on any atom is 0.267 e. The summed E-state index contributed by atoms with van der Waals surface area (Å²) in [5, 5.41) is 7.48. The molecule has 0 unspecified atom stereocenters. The Bertz CT molecular complexity index is 1070. The topological polar surface area (TPSA) is 82.4 Å². The predicted octanol–water partition coefficient (Wildman–Crippen LogP) is 3.22. The fraction of sp³-hybridized carbons (Fsp3) is 0.150. The molecule has 144 valence electrons. The van der Waals surface area contributed by atoms with Gasteiger partial charge in [0, 0.05) is 17.7 Å². The highest BCUT2D eigenvalue weighted by molar-refractivity contribution is 6.33. The number of halogens is 1. The van der Waals surface area contributed by atoms with Gasteiger partial charge in [-0.05, 0) is 24.3 Å². The molecule has 2 aromatic carbocycles. The van der Waals surface area contributed by atoms with Crippen LogP contribution in [0.4, 0.5) is 5.69 Å². The molecule has 8 heteroatoms. The van der Waals surface area contributed by atoms with Crippen LogP contribution in [0.3, 0.4) is 0 Å². The highest BCUT2D eigenvalue weighted by atomic mass is 35.5. The van der Waals surface area contributed by atoms with Crippen LogP contribution in [-0.4, -0.2) is 29.9 Å². The molecule has 7 nitrogen and oxygen atoms in total. The van der Waals surface area contributed by atoms with E-state index in [-0.39, 0.29) is 6.54 Å². The predicted molar refractivity (Wildman–Crippen MR) is 107 cm³/mol. The molecule has 1 heterocycles. The molecule has 0 saturated heterocycles. The molecule has 1 aromatic heterocycles. The van der Waals surface area contributed by atoms with Crippen LogP contribution in [0, 0.1) is 0 Å². The minimum absolute atomic E-state index is 0.266. The largest absolute Gasteiger partial charge is 0.497 e. The Kier molecular flexibility index (Phi) is 5.96. The van der Waals surface area contributed by atoms with Crippen molar-refractivity contribution in [1.82, 2.24) is 9.78 Å². The lowest BCUT2D eigenvalue weighted by Crippen LogP contribution is -2.29. The van der Waals surface area contributed by atoms with Gasteiger partial charge in [0.1, 0.15) is 18.0 Å². The van der Waals surface area contributed by atoms with Crippen LogP contribution >= 0.6 is 11.6 Å². The smallest absolute Gasteiger partial charge is 0.267 e. The number of anilines is 1. The summed E-state index contributed by atoms with van der Waals surface area (Å²) in [6.45, 7) is -0.266. The highest BCUT2D eigenvalue weighted by Gasteiger charge is 2.12. The maximum absolute atomic E-state index is 12.5. The van der Waals surface area contributed by atoms with Gasteiger partial charge in [0.15, 0.2) is 0 Å². The molecule has 1 N–H and O–H groups in total. The van der Waals surface area contributed by atoms with Gasteiger partial charge < -0.3 is 14.8 Å². The van der Waals surface area contributed by atoms with Gasteiger partial charge in [0.25, 0.3) is 5.56 Å². The van der Waals surface area contributed by atoms with Crippen molar-refractivity contribution in [2.24, 2.45) is 0 Å². The van der Waals surface area contributed by atoms with Crippen molar-refractivity contribution in [1.29, 1.82) is 0 Å². The Morgan fingerprint density at radius 2 is 1.89 bits per heavy atom. The van der Waals surface area contributed by atoms with E-state index in [1.807, 2.05) is 6.07 Å². The van der Waals surface area contributed by atoms with Crippen LogP contribution in [0.2, 0.25) is 5.02 Å². The van der Waals surface area contributed by atoms with Crippen LogP contribution in [-0.2, 0) is 11.3 Å². The second kappa shape index (κ2) is 8.58. The van der Waals surface area contributed by atoms with E-state index >= 15 is 0 Å². The van der Waals surface area contributed by atoms with E-state index in [2.05, 4.69) is 10.4 Å². The third-order valence-electron chi connectivity index (χ3n) is 3.99. The second-order valence-corrected chi connectivity index (χ2v) is 6.22. The van der Waals surface area contributed by atoms with Crippen molar-refractivity contribution in [2.45, 2.75) is 6.54 Å². The van der Waals surface area contributed by atoms with Crippen LogP contribution in [0.1, 0.15) is 0 Å². The fourth-order valence-electron chi connectivity index (χ4n) is 2.61. The summed E-state index contributed by atoms with van der Waals surface area (Å²) in [5.74, 6) is 0.601. The number of methoxy groups -OCH3 is 2. The van der Waals surface area contributed by atoms with Gasteiger partial charge in [0.05, 0.1) is 30.6 Å².